The molecule has 1 fully saturated rings. The summed E-state index contributed by atoms with van der Waals surface area (Å²) in [5.41, 5.74) is 2.05. The van der Waals surface area contributed by atoms with Crippen molar-refractivity contribution in [2.45, 2.75) is 33.2 Å². The highest BCUT2D eigenvalue weighted by molar-refractivity contribution is 5.77. The van der Waals surface area contributed by atoms with Gasteiger partial charge < -0.3 is 14.8 Å². The summed E-state index contributed by atoms with van der Waals surface area (Å²) in [5, 5.41) is 3.41. The van der Waals surface area contributed by atoms with Crippen molar-refractivity contribution in [1.82, 2.24) is 5.32 Å². The molecule has 0 aliphatic carbocycles. The molecule has 0 radical (unpaired) electrons. The highest BCUT2D eigenvalue weighted by Crippen LogP contribution is 2.31. The third-order valence-electron chi connectivity index (χ3n) is 4.07. The molecular weight excluding hydrogens is 266 g/mol. The fourth-order valence-corrected chi connectivity index (χ4v) is 2.65. The van der Waals surface area contributed by atoms with Gasteiger partial charge in [-0.05, 0) is 32.3 Å². The van der Waals surface area contributed by atoms with E-state index in [1.54, 1.807) is 0 Å². The van der Waals surface area contributed by atoms with Gasteiger partial charge >= 0.3 is 5.97 Å². The van der Waals surface area contributed by atoms with Gasteiger partial charge in [-0.2, -0.15) is 0 Å². The average molecular weight is 291 g/mol. The van der Waals surface area contributed by atoms with Crippen LogP contribution in [0.15, 0.2) is 24.3 Å². The lowest BCUT2D eigenvalue weighted by atomic mass is 9.80. The van der Waals surface area contributed by atoms with Gasteiger partial charge in [-0.25, -0.2) is 0 Å². The molecule has 116 valence electrons. The molecular formula is C17H25NO3. The van der Waals surface area contributed by atoms with Gasteiger partial charge in [-0.3, -0.25) is 4.79 Å². The summed E-state index contributed by atoms with van der Waals surface area (Å²) in [6.07, 6.45) is 1.46. The smallest absolute Gasteiger partial charge is 0.313 e. The molecule has 1 aromatic rings. The number of rotatable bonds is 6. The number of carbonyl (C=O) groups is 1. The molecule has 0 bridgehead atoms. The molecule has 1 saturated heterocycles. The lowest BCUT2D eigenvalue weighted by Gasteiger charge is -2.34. The van der Waals surface area contributed by atoms with Crippen molar-refractivity contribution in [2.24, 2.45) is 5.41 Å². The zero-order valence-electron chi connectivity index (χ0n) is 13.0. The van der Waals surface area contributed by atoms with Gasteiger partial charge in [0.2, 0.25) is 0 Å². The molecule has 4 heteroatoms. The van der Waals surface area contributed by atoms with Crippen molar-refractivity contribution in [1.29, 1.82) is 0 Å². The van der Waals surface area contributed by atoms with Gasteiger partial charge in [0.25, 0.3) is 0 Å². The van der Waals surface area contributed by atoms with Crippen molar-refractivity contribution in [3.63, 3.8) is 0 Å². The Balaban J connectivity index is 1.92. The first-order valence-corrected chi connectivity index (χ1v) is 7.67. The minimum Gasteiger partial charge on any atom is -0.466 e. The second-order valence-electron chi connectivity index (χ2n) is 5.70. The minimum atomic E-state index is -0.432. The fourth-order valence-electron chi connectivity index (χ4n) is 2.65. The monoisotopic (exact) mass is 291 g/mol. The molecule has 1 aromatic carbocycles. The largest absolute Gasteiger partial charge is 0.466 e. The zero-order valence-corrected chi connectivity index (χ0v) is 13.0. The van der Waals surface area contributed by atoms with Crippen LogP contribution in [-0.2, 0) is 20.8 Å². The van der Waals surface area contributed by atoms with Crippen molar-refractivity contribution in [3.8, 4) is 0 Å². The van der Waals surface area contributed by atoms with E-state index in [9.17, 15) is 4.79 Å². The Bertz CT molecular complexity index is 450. The highest BCUT2D eigenvalue weighted by atomic mass is 16.5. The molecule has 1 aliphatic heterocycles. The van der Waals surface area contributed by atoms with E-state index in [2.05, 4.69) is 36.5 Å². The molecule has 1 heterocycles. The van der Waals surface area contributed by atoms with Crippen LogP contribution in [-0.4, -0.2) is 32.3 Å². The molecule has 4 nitrogen and oxygen atoms in total. The predicted octanol–water partition coefficient (Wildman–Crippen LogP) is 2.44. The lowest BCUT2D eigenvalue weighted by molar-refractivity contribution is -0.161. The molecule has 0 atom stereocenters. The molecule has 0 aromatic heterocycles. The van der Waals surface area contributed by atoms with Crippen LogP contribution >= 0.6 is 0 Å². The molecule has 0 saturated carbocycles. The minimum absolute atomic E-state index is 0.0929. The average Bonchev–Trinajstić information content (AvgIpc) is 2.50. The fraction of sp³-hybridized carbons (Fsp3) is 0.588. The molecule has 1 aliphatic rings. The van der Waals surface area contributed by atoms with Crippen LogP contribution in [0, 0.1) is 12.3 Å². The maximum absolute atomic E-state index is 12.3. The Hall–Kier alpha value is -1.39. The maximum Gasteiger partial charge on any atom is 0.313 e. The number of carbonyl (C=O) groups excluding carboxylic acids is 1. The number of ether oxygens (including phenoxy) is 2. The van der Waals surface area contributed by atoms with E-state index >= 15 is 0 Å². The summed E-state index contributed by atoms with van der Waals surface area (Å²) in [6, 6.07) is 8.44. The van der Waals surface area contributed by atoms with Crippen LogP contribution in [0.4, 0.5) is 0 Å². The number of benzene rings is 1. The summed E-state index contributed by atoms with van der Waals surface area (Å²) in [4.78, 5) is 12.3. The number of esters is 1. The Kier molecular flexibility index (Phi) is 5.76. The van der Waals surface area contributed by atoms with Gasteiger partial charge in [-0.15, -0.1) is 0 Å². The summed E-state index contributed by atoms with van der Waals surface area (Å²) in [6.45, 7) is 7.03. The molecule has 21 heavy (non-hydrogen) atoms. The molecule has 2 rings (SSSR count). The maximum atomic E-state index is 12.3. The highest BCUT2D eigenvalue weighted by Gasteiger charge is 2.41. The quantitative estimate of drug-likeness (QED) is 0.818. The van der Waals surface area contributed by atoms with E-state index in [4.69, 9.17) is 9.47 Å². The second-order valence-corrected chi connectivity index (χ2v) is 5.70. The Morgan fingerprint density at radius 1 is 1.29 bits per heavy atom. The number of hydrogen-bond acceptors (Lipinski definition) is 4. The normalized spacial score (nSPS) is 17.4. The van der Waals surface area contributed by atoms with E-state index in [-0.39, 0.29) is 5.97 Å². The predicted molar refractivity (Wildman–Crippen MR) is 82.0 cm³/mol. The third-order valence-corrected chi connectivity index (χ3v) is 4.07. The summed E-state index contributed by atoms with van der Waals surface area (Å²) in [7, 11) is 0. The van der Waals surface area contributed by atoms with Crippen LogP contribution in [0.3, 0.4) is 0 Å². The SMILES string of the molecule is CCOC(=O)C1(CNCc2ccc(C)cc2)CCOCC1. The first kappa shape index (κ1) is 16.0. The van der Waals surface area contributed by atoms with Gasteiger partial charge in [-0.1, -0.05) is 29.8 Å². The van der Waals surface area contributed by atoms with Crippen LogP contribution in [0.2, 0.25) is 0 Å². The third kappa shape index (κ3) is 4.29. The van der Waals surface area contributed by atoms with Crippen LogP contribution < -0.4 is 5.32 Å². The Morgan fingerprint density at radius 3 is 2.57 bits per heavy atom. The summed E-state index contributed by atoms with van der Waals surface area (Å²) < 4.78 is 10.7. The van der Waals surface area contributed by atoms with Crippen molar-refractivity contribution < 1.29 is 14.3 Å². The lowest BCUT2D eigenvalue weighted by Crippen LogP contribution is -2.46. The van der Waals surface area contributed by atoms with E-state index in [1.807, 2.05) is 6.92 Å². The topological polar surface area (TPSA) is 47.6 Å². The number of hydrogen-bond donors (Lipinski definition) is 1. The van der Waals surface area contributed by atoms with Crippen molar-refractivity contribution in [2.75, 3.05) is 26.4 Å². The second kappa shape index (κ2) is 7.57. The van der Waals surface area contributed by atoms with Gasteiger partial charge in [0.15, 0.2) is 0 Å². The summed E-state index contributed by atoms with van der Waals surface area (Å²) >= 11 is 0. The van der Waals surface area contributed by atoms with E-state index in [1.165, 1.54) is 11.1 Å². The van der Waals surface area contributed by atoms with Crippen molar-refractivity contribution in [3.05, 3.63) is 35.4 Å². The van der Waals surface area contributed by atoms with E-state index in [0.29, 0.717) is 26.4 Å². The first-order chi connectivity index (χ1) is 10.2. The molecule has 0 unspecified atom stereocenters. The summed E-state index contributed by atoms with van der Waals surface area (Å²) in [5.74, 6) is -0.0929. The van der Waals surface area contributed by atoms with Crippen LogP contribution in [0.25, 0.3) is 0 Å². The Morgan fingerprint density at radius 2 is 1.95 bits per heavy atom. The molecule has 0 amide bonds. The number of aryl methyl sites for hydroxylation is 1. The van der Waals surface area contributed by atoms with E-state index < -0.39 is 5.41 Å². The van der Waals surface area contributed by atoms with Crippen LogP contribution in [0.1, 0.15) is 30.9 Å². The zero-order chi connectivity index (χ0) is 15.1. The molecule has 1 N–H and O–H groups in total. The standard InChI is InChI=1S/C17H25NO3/c1-3-21-16(19)17(8-10-20-11-9-17)13-18-12-15-6-4-14(2)5-7-15/h4-7,18H,3,8-13H2,1-2H3. The molecule has 0 spiro atoms. The van der Waals surface area contributed by atoms with E-state index in [0.717, 1.165) is 19.4 Å². The van der Waals surface area contributed by atoms with Crippen molar-refractivity contribution >= 4 is 5.97 Å². The number of nitrogens with one attached hydrogen (secondary N) is 1. The van der Waals surface area contributed by atoms with Gasteiger partial charge in [0.1, 0.15) is 0 Å². The van der Waals surface area contributed by atoms with Crippen LogP contribution in [0.5, 0.6) is 0 Å². The first-order valence-electron chi connectivity index (χ1n) is 7.67. The van der Waals surface area contributed by atoms with Gasteiger partial charge in [0.05, 0.1) is 12.0 Å². The van der Waals surface area contributed by atoms with Gasteiger partial charge in [0, 0.05) is 26.3 Å². The Labute approximate surface area is 126 Å².